The van der Waals surface area contributed by atoms with Crippen LogP contribution in [0.1, 0.15) is 31.9 Å². The van der Waals surface area contributed by atoms with Crippen LogP contribution in [0.25, 0.3) is 10.9 Å². The zero-order chi connectivity index (χ0) is 28.7. The van der Waals surface area contributed by atoms with Crippen LogP contribution in [0.15, 0.2) is 54.7 Å². The topological polar surface area (TPSA) is 187 Å². The summed E-state index contributed by atoms with van der Waals surface area (Å²) in [6, 6.07) is 9.34. The van der Waals surface area contributed by atoms with Crippen molar-refractivity contribution in [3.05, 3.63) is 65.9 Å². The van der Waals surface area contributed by atoms with Crippen molar-refractivity contribution in [2.24, 2.45) is 11.7 Å². The number of nitrogens with two attached hydrogens (primary N) is 1. The molecule has 4 unspecified atom stereocenters. The Morgan fingerprint density at radius 1 is 0.846 bits per heavy atom. The van der Waals surface area contributed by atoms with Gasteiger partial charge in [-0.2, -0.15) is 0 Å². The summed E-state index contributed by atoms with van der Waals surface area (Å²) in [6.07, 6.45) is 1.87. The summed E-state index contributed by atoms with van der Waals surface area (Å²) in [5.41, 5.74) is 7.95. The van der Waals surface area contributed by atoms with E-state index >= 15 is 0 Å². The van der Waals surface area contributed by atoms with Crippen LogP contribution in [-0.2, 0) is 32.0 Å². The lowest BCUT2D eigenvalue weighted by molar-refractivity contribution is -0.143. The van der Waals surface area contributed by atoms with E-state index in [0.717, 1.165) is 16.5 Å². The number of aromatic nitrogens is 1. The first-order chi connectivity index (χ1) is 18.5. The fourth-order valence-corrected chi connectivity index (χ4v) is 4.15. The lowest BCUT2D eigenvalue weighted by atomic mass is 10.00. The fourth-order valence-electron chi connectivity index (χ4n) is 4.15. The van der Waals surface area contributed by atoms with Gasteiger partial charge < -0.3 is 36.9 Å². The minimum Gasteiger partial charge on any atom is -0.508 e. The van der Waals surface area contributed by atoms with E-state index in [4.69, 9.17) is 5.73 Å². The molecule has 3 rings (SSSR count). The molecule has 2 aromatic carbocycles. The van der Waals surface area contributed by atoms with Gasteiger partial charge in [-0.3, -0.25) is 14.4 Å². The summed E-state index contributed by atoms with van der Waals surface area (Å²) >= 11 is 0. The number of amides is 3. The second-order valence-electron chi connectivity index (χ2n) is 9.91. The van der Waals surface area contributed by atoms with Gasteiger partial charge in [0.05, 0.1) is 6.04 Å². The summed E-state index contributed by atoms with van der Waals surface area (Å²) in [4.78, 5) is 54.2. The summed E-state index contributed by atoms with van der Waals surface area (Å²) in [6.45, 7) is 4.82. The lowest BCUT2D eigenvalue weighted by Gasteiger charge is -2.26. The molecule has 11 heteroatoms. The average molecular weight is 538 g/mol. The van der Waals surface area contributed by atoms with Gasteiger partial charge in [-0.05, 0) is 42.2 Å². The molecule has 3 aromatic rings. The first-order valence-corrected chi connectivity index (χ1v) is 12.7. The average Bonchev–Trinajstić information content (AvgIpc) is 3.29. The van der Waals surface area contributed by atoms with Gasteiger partial charge >= 0.3 is 5.97 Å². The SMILES string of the molecule is CC(N)C(=O)NC(Cc1ccc(O)cc1)C(=O)NC(Cc1c[nH]c2ccccc12)C(=O)NC(C(=O)O)C(C)C. The van der Waals surface area contributed by atoms with E-state index in [1.165, 1.54) is 19.1 Å². The number of rotatable bonds is 12. The Kier molecular flexibility index (Phi) is 9.67. The molecule has 0 radical (unpaired) electrons. The van der Waals surface area contributed by atoms with Gasteiger partial charge in [0.2, 0.25) is 17.7 Å². The Balaban J connectivity index is 1.90. The van der Waals surface area contributed by atoms with Crippen LogP contribution in [-0.4, -0.2) is 63.1 Å². The minimum absolute atomic E-state index is 0.0490. The molecule has 1 heterocycles. The monoisotopic (exact) mass is 537 g/mol. The van der Waals surface area contributed by atoms with E-state index in [9.17, 15) is 29.4 Å². The predicted octanol–water partition coefficient (Wildman–Crippen LogP) is 1.20. The van der Waals surface area contributed by atoms with Crippen molar-refractivity contribution in [2.45, 2.75) is 57.8 Å². The smallest absolute Gasteiger partial charge is 0.326 e. The fraction of sp³-hybridized carbons (Fsp3) is 0.357. The molecule has 0 fully saturated rings. The predicted molar refractivity (Wildman–Crippen MR) is 146 cm³/mol. The van der Waals surface area contributed by atoms with Crippen LogP contribution >= 0.6 is 0 Å². The number of aromatic hydroxyl groups is 1. The van der Waals surface area contributed by atoms with Gasteiger partial charge in [0.15, 0.2) is 0 Å². The summed E-state index contributed by atoms with van der Waals surface area (Å²) in [5, 5.41) is 27.9. The molecule has 8 N–H and O–H groups in total. The highest BCUT2D eigenvalue weighted by Gasteiger charge is 2.31. The second-order valence-corrected chi connectivity index (χ2v) is 9.91. The number of H-pyrrole nitrogens is 1. The molecule has 11 nitrogen and oxygen atoms in total. The largest absolute Gasteiger partial charge is 0.508 e. The summed E-state index contributed by atoms with van der Waals surface area (Å²) < 4.78 is 0. The number of nitrogens with one attached hydrogen (secondary N) is 4. The van der Waals surface area contributed by atoms with E-state index in [0.29, 0.717) is 5.56 Å². The maximum absolute atomic E-state index is 13.5. The van der Waals surface area contributed by atoms with E-state index in [2.05, 4.69) is 20.9 Å². The van der Waals surface area contributed by atoms with Crippen molar-refractivity contribution in [1.82, 2.24) is 20.9 Å². The molecular formula is C28H35N5O6. The molecule has 4 atom stereocenters. The molecule has 0 spiro atoms. The van der Waals surface area contributed by atoms with Gasteiger partial charge in [0.1, 0.15) is 23.9 Å². The van der Waals surface area contributed by atoms with Crippen molar-refractivity contribution >= 4 is 34.6 Å². The minimum atomic E-state index is -1.19. The molecule has 0 aliphatic heterocycles. The number of para-hydroxylation sites is 1. The van der Waals surface area contributed by atoms with E-state index in [1.54, 1.807) is 32.2 Å². The quantitative estimate of drug-likeness (QED) is 0.181. The third-order valence-corrected chi connectivity index (χ3v) is 6.39. The van der Waals surface area contributed by atoms with Gasteiger partial charge in [0, 0.05) is 29.9 Å². The number of aliphatic carboxylic acids is 1. The van der Waals surface area contributed by atoms with E-state index in [1.807, 2.05) is 24.3 Å². The third kappa shape index (κ3) is 7.81. The maximum atomic E-state index is 13.5. The normalized spacial score (nSPS) is 14.3. The van der Waals surface area contributed by atoms with Gasteiger partial charge in [0.25, 0.3) is 0 Å². The summed E-state index contributed by atoms with van der Waals surface area (Å²) in [7, 11) is 0. The van der Waals surface area contributed by atoms with E-state index in [-0.39, 0.29) is 18.6 Å². The molecule has 208 valence electrons. The number of hydrogen-bond donors (Lipinski definition) is 7. The van der Waals surface area contributed by atoms with Crippen molar-refractivity contribution in [1.29, 1.82) is 0 Å². The first-order valence-electron chi connectivity index (χ1n) is 12.7. The van der Waals surface area contributed by atoms with Crippen LogP contribution < -0.4 is 21.7 Å². The van der Waals surface area contributed by atoms with Crippen LogP contribution in [0.2, 0.25) is 0 Å². The summed E-state index contributed by atoms with van der Waals surface area (Å²) in [5.74, 6) is -3.41. The van der Waals surface area contributed by atoms with Crippen molar-refractivity contribution in [3.63, 3.8) is 0 Å². The zero-order valence-corrected chi connectivity index (χ0v) is 22.1. The number of benzene rings is 2. The van der Waals surface area contributed by atoms with Gasteiger partial charge in [-0.1, -0.05) is 44.2 Å². The Hall–Kier alpha value is -4.38. The highest BCUT2D eigenvalue weighted by molar-refractivity contribution is 5.95. The standard InChI is InChI=1S/C28H35N5O6/c1-15(2)24(28(38)39)33-27(37)23(13-18-14-30-21-7-5-4-6-20(18)21)32-26(36)22(31-25(35)16(3)29)12-17-8-10-19(34)11-9-17/h4-11,14-16,22-24,30,34H,12-13,29H2,1-3H3,(H,31,35)(H,32,36)(H,33,37)(H,38,39). The Bertz CT molecular complexity index is 1320. The number of phenols is 1. The molecule has 3 amide bonds. The molecule has 0 saturated heterocycles. The number of carboxylic acid groups (broad SMARTS) is 1. The number of phenolic OH excluding ortho intramolecular Hbond substituents is 1. The third-order valence-electron chi connectivity index (χ3n) is 6.39. The molecule has 39 heavy (non-hydrogen) atoms. The lowest BCUT2D eigenvalue weighted by Crippen LogP contribution is -2.58. The second kappa shape index (κ2) is 12.9. The molecular weight excluding hydrogens is 502 g/mol. The number of hydrogen-bond acceptors (Lipinski definition) is 6. The van der Waals surface area contributed by atoms with E-state index < -0.39 is 53.8 Å². The van der Waals surface area contributed by atoms with Crippen LogP contribution in [0.4, 0.5) is 0 Å². The highest BCUT2D eigenvalue weighted by atomic mass is 16.4. The molecule has 1 aromatic heterocycles. The molecule has 0 saturated carbocycles. The number of aromatic amines is 1. The molecule has 0 aliphatic carbocycles. The number of fused-ring (bicyclic) bond motifs is 1. The van der Waals surface area contributed by atoms with Gasteiger partial charge in [-0.25, -0.2) is 4.79 Å². The van der Waals surface area contributed by atoms with Crippen molar-refractivity contribution in [3.8, 4) is 5.75 Å². The number of carbonyl (C=O) groups excluding carboxylic acids is 3. The van der Waals surface area contributed by atoms with Crippen LogP contribution in [0, 0.1) is 5.92 Å². The number of carboxylic acids is 1. The molecule has 0 bridgehead atoms. The maximum Gasteiger partial charge on any atom is 0.326 e. The Labute approximate surface area is 226 Å². The first kappa shape index (κ1) is 29.2. The van der Waals surface area contributed by atoms with Crippen molar-refractivity contribution in [2.75, 3.05) is 0 Å². The Morgan fingerprint density at radius 2 is 1.44 bits per heavy atom. The number of carbonyl (C=O) groups is 4. The zero-order valence-electron chi connectivity index (χ0n) is 22.1. The molecule has 0 aliphatic rings. The van der Waals surface area contributed by atoms with Crippen LogP contribution in [0.5, 0.6) is 5.75 Å². The van der Waals surface area contributed by atoms with Gasteiger partial charge in [-0.15, -0.1) is 0 Å². The van der Waals surface area contributed by atoms with Crippen LogP contribution in [0.3, 0.4) is 0 Å². The Morgan fingerprint density at radius 3 is 2.05 bits per heavy atom. The van der Waals surface area contributed by atoms with Crippen molar-refractivity contribution < 1.29 is 29.4 Å². The highest BCUT2D eigenvalue weighted by Crippen LogP contribution is 2.20.